The second-order valence-electron chi connectivity index (χ2n) is 11.2. The van der Waals surface area contributed by atoms with E-state index in [1.807, 2.05) is 34.2 Å². The first kappa shape index (κ1) is 23.9. The van der Waals surface area contributed by atoms with Gasteiger partial charge in [-0.15, -0.1) is 0 Å². The highest BCUT2D eigenvalue weighted by molar-refractivity contribution is 5.71. The van der Waals surface area contributed by atoms with Gasteiger partial charge in [-0.1, -0.05) is 90.1 Å². The van der Waals surface area contributed by atoms with E-state index in [0.29, 0.717) is 0 Å². The zero-order valence-electron chi connectivity index (χ0n) is 21.0. The number of hydrogen-bond donors (Lipinski definition) is 2. The molecule has 0 aliphatic carbocycles. The van der Waals surface area contributed by atoms with E-state index in [-0.39, 0.29) is 23.2 Å². The van der Waals surface area contributed by atoms with Crippen LogP contribution in [0, 0.1) is 10.8 Å². The van der Waals surface area contributed by atoms with Crippen LogP contribution in [0.3, 0.4) is 0 Å². The van der Waals surface area contributed by atoms with Gasteiger partial charge in [-0.2, -0.15) is 0 Å². The maximum Gasteiger partial charge on any atom is 0.0967 e. The SMILES string of the molecule is CC(C)(C)C(N)n1cnc(-c2ccc(-c3ccc(-c4cn(C(N)C(C)(C)C)cn4)cc3)cc2)c1. The number of nitrogens with zero attached hydrogens (tertiary/aromatic N) is 4. The second kappa shape index (κ2) is 8.85. The zero-order chi connectivity index (χ0) is 24.7. The van der Waals surface area contributed by atoms with Crippen LogP contribution in [-0.2, 0) is 0 Å². The molecule has 6 heteroatoms. The van der Waals surface area contributed by atoms with Gasteiger partial charge in [0.25, 0.3) is 0 Å². The van der Waals surface area contributed by atoms with Crippen LogP contribution in [0.2, 0.25) is 0 Å². The fourth-order valence-corrected chi connectivity index (χ4v) is 3.84. The topological polar surface area (TPSA) is 87.7 Å². The van der Waals surface area contributed by atoms with Gasteiger partial charge in [0.05, 0.1) is 36.4 Å². The standard InChI is InChI=1S/C28H36N6/c1-27(2,3)25(29)33-15-23(31-17-33)21-11-7-19(8-12-21)20-9-13-22(14-10-20)24-16-34(18-32-24)26(30)28(4,5)6/h7-18,25-26H,29-30H2,1-6H3. The van der Waals surface area contributed by atoms with E-state index in [2.05, 4.69) is 100 Å². The van der Waals surface area contributed by atoms with Gasteiger partial charge in [0.2, 0.25) is 0 Å². The van der Waals surface area contributed by atoms with Gasteiger partial charge in [-0.25, -0.2) is 9.97 Å². The van der Waals surface area contributed by atoms with E-state index >= 15 is 0 Å². The molecule has 4 N–H and O–H groups in total. The molecule has 2 atom stereocenters. The summed E-state index contributed by atoms with van der Waals surface area (Å²) in [7, 11) is 0. The highest BCUT2D eigenvalue weighted by Gasteiger charge is 2.23. The van der Waals surface area contributed by atoms with E-state index in [9.17, 15) is 0 Å². The Kier molecular flexibility index (Phi) is 6.23. The Morgan fingerprint density at radius 3 is 1.15 bits per heavy atom. The second-order valence-corrected chi connectivity index (χ2v) is 11.2. The first-order valence-corrected chi connectivity index (χ1v) is 11.7. The first-order valence-electron chi connectivity index (χ1n) is 11.7. The highest BCUT2D eigenvalue weighted by Crippen LogP contribution is 2.30. The number of imidazole rings is 2. The van der Waals surface area contributed by atoms with Crippen molar-refractivity contribution < 1.29 is 0 Å². The summed E-state index contributed by atoms with van der Waals surface area (Å²) in [5.74, 6) is 0. The number of aromatic nitrogens is 4. The predicted octanol–water partition coefficient (Wildman–Crippen LogP) is 6.09. The normalized spacial score (nSPS) is 14.2. The molecule has 0 fully saturated rings. The molecule has 2 unspecified atom stereocenters. The van der Waals surface area contributed by atoms with E-state index in [0.717, 1.165) is 33.6 Å². The lowest BCUT2D eigenvalue weighted by Gasteiger charge is -2.27. The van der Waals surface area contributed by atoms with Crippen molar-refractivity contribution in [3.63, 3.8) is 0 Å². The molecule has 2 aromatic heterocycles. The third-order valence-corrected chi connectivity index (χ3v) is 6.31. The molecule has 34 heavy (non-hydrogen) atoms. The van der Waals surface area contributed by atoms with Crippen LogP contribution in [0.1, 0.15) is 53.9 Å². The van der Waals surface area contributed by atoms with Crippen LogP contribution < -0.4 is 11.5 Å². The highest BCUT2D eigenvalue weighted by atomic mass is 15.1. The number of hydrogen-bond acceptors (Lipinski definition) is 4. The molecule has 0 amide bonds. The van der Waals surface area contributed by atoms with Crippen LogP contribution in [0.5, 0.6) is 0 Å². The molecule has 0 saturated heterocycles. The molecular weight excluding hydrogens is 420 g/mol. The maximum atomic E-state index is 6.36. The molecule has 2 aromatic carbocycles. The monoisotopic (exact) mass is 456 g/mol. The molecule has 4 aromatic rings. The Bertz CT molecular complexity index is 1130. The van der Waals surface area contributed by atoms with Crippen molar-refractivity contribution in [2.24, 2.45) is 22.3 Å². The summed E-state index contributed by atoms with van der Waals surface area (Å²) in [6, 6.07) is 16.9. The molecule has 0 bridgehead atoms. The predicted molar refractivity (Wildman–Crippen MR) is 140 cm³/mol. The van der Waals surface area contributed by atoms with E-state index < -0.39 is 0 Å². The van der Waals surface area contributed by atoms with Gasteiger partial charge in [0.15, 0.2) is 0 Å². The van der Waals surface area contributed by atoms with E-state index in [4.69, 9.17) is 11.5 Å². The van der Waals surface area contributed by atoms with E-state index in [1.54, 1.807) is 0 Å². The van der Waals surface area contributed by atoms with Crippen molar-refractivity contribution in [1.29, 1.82) is 0 Å². The summed E-state index contributed by atoms with van der Waals surface area (Å²) in [5.41, 5.74) is 18.9. The summed E-state index contributed by atoms with van der Waals surface area (Å²) in [6.07, 6.45) is 7.42. The summed E-state index contributed by atoms with van der Waals surface area (Å²) in [6.45, 7) is 12.8. The molecule has 178 valence electrons. The molecular formula is C28H36N6. The Morgan fingerprint density at radius 1 is 0.559 bits per heavy atom. The Balaban J connectivity index is 1.49. The van der Waals surface area contributed by atoms with E-state index in [1.165, 1.54) is 0 Å². The third-order valence-electron chi connectivity index (χ3n) is 6.31. The summed E-state index contributed by atoms with van der Waals surface area (Å²) >= 11 is 0. The maximum absolute atomic E-state index is 6.36. The van der Waals surface area contributed by atoms with Crippen LogP contribution in [0.4, 0.5) is 0 Å². The number of rotatable bonds is 5. The molecule has 0 radical (unpaired) electrons. The minimum atomic E-state index is -0.123. The van der Waals surface area contributed by atoms with Gasteiger partial charge < -0.3 is 20.6 Å². The van der Waals surface area contributed by atoms with Gasteiger partial charge in [-0.05, 0) is 22.0 Å². The zero-order valence-corrected chi connectivity index (χ0v) is 21.0. The smallest absolute Gasteiger partial charge is 0.0967 e. The van der Waals surface area contributed by atoms with Crippen LogP contribution in [-0.4, -0.2) is 19.1 Å². The Labute approximate surface area is 202 Å². The van der Waals surface area contributed by atoms with Crippen molar-refractivity contribution in [2.45, 2.75) is 53.9 Å². The first-order chi connectivity index (χ1) is 15.9. The largest absolute Gasteiger partial charge is 0.320 e. The minimum Gasteiger partial charge on any atom is -0.320 e. The summed E-state index contributed by atoms with van der Waals surface area (Å²) < 4.78 is 3.97. The third kappa shape index (κ3) is 4.98. The fourth-order valence-electron chi connectivity index (χ4n) is 3.84. The quantitative estimate of drug-likeness (QED) is 0.380. The summed E-state index contributed by atoms with van der Waals surface area (Å²) in [5, 5.41) is 0. The lowest BCUT2D eigenvalue weighted by molar-refractivity contribution is 0.249. The van der Waals surface area contributed by atoms with Gasteiger partial charge >= 0.3 is 0 Å². The molecule has 2 heterocycles. The molecule has 4 rings (SSSR count). The van der Waals surface area contributed by atoms with Gasteiger partial charge in [0.1, 0.15) is 0 Å². The summed E-state index contributed by atoms with van der Waals surface area (Å²) in [4.78, 5) is 9.13. The van der Waals surface area contributed by atoms with Crippen LogP contribution in [0.15, 0.2) is 73.6 Å². The number of nitrogens with two attached hydrogens (primary N) is 2. The van der Waals surface area contributed by atoms with Crippen molar-refractivity contribution in [1.82, 2.24) is 19.1 Å². The molecule has 0 aliphatic heterocycles. The fraction of sp³-hybridized carbons (Fsp3) is 0.357. The van der Waals surface area contributed by atoms with Crippen molar-refractivity contribution in [3.8, 4) is 33.6 Å². The Hall–Kier alpha value is -3.22. The number of benzene rings is 2. The van der Waals surface area contributed by atoms with Gasteiger partial charge in [0, 0.05) is 23.5 Å². The van der Waals surface area contributed by atoms with Crippen molar-refractivity contribution in [3.05, 3.63) is 73.6 Å². The van der Waals surface area contributed by atoms with Gasteiger partial charge in [-0.3, -0.25) is 0 Å². The lowest BCUT2D eigenvalue weighted by Crippen LogP contribution is -2.30. The molecule has 0 aliphatic rings. The molecule has 0 spiro atoms. The minimum absolute atomic E-state index is 0.0370. The molecule has 0 saturated carbocycles. The van der Waals surface area contributed by atoms with Crippen molar-refractivity contribution in [2.75, 3.05) is 0 Å². The average Bonchev–Trinajstić information content (AvgIpc) is 3.47. The van der Waals surface area contributed by atoms with Crippen LogP contribution >= 0.6 is 0 Å². The average molecular weight is 457 g/mol. The van der Waals surface area contributed by atoms with Crippen LogP contribution in [0.25, 0.3) is 33.6 Å². The lowest BCUT2D eigenvalue weighted by atomic mass is 9.93. The van der Waals surface area contributed by atoms with Crippen molar-refractivity contribution >= 4 is 0 Å². The molecule has 6 nitrogen and oxygen atoms in total. The Morgan fingerprint density at radius 2 is 0.853 bits per heavy atom.